The molecule has 8 rings (SSSR count). The SMILES string of the molecule is Cc1cc2cc(n1)-c1cnn(C)c1OCCCCCN1/C(=N/C2=O)Nc2ccc(C(=O)N3CCN(C4CCN(c5cc(F)cc(F)c5)CC4)CC3)cc21. The minimum Gasteiger partial charge on any atom is -0.477 e. The van der Waals surface area contributed by atoms with E-state index in [1.807, 2.05) is 46.9 Å². The Bertz CT molecular complexity index is 2050. The molecule has 0 spiro atoms. The van der Waals surface area contributed by atoms with Crippen molar-refractivity contribution >= 4 is 34.8 Å². The van der Waals surface area contributed by atoms with Crippen LogP contribution in [0.4, 0.5) is 25.8 Å². The van der Waals surface area contributed by atoms with Crippen molar-refractivity contribution < 1.29 is 23.1 Å². The average molecular weight is 724 g/mol. The third-order valence-electron chi connectivity index (χ3n) is 10.7. The van der Waals surface area contributed by atoms with E-state index in [0.29, 0.717) is 72.3 Å². The number of hydrogen-bond acceptors (Lipinski definition) is 9. The van der Waals surface area contributed by atoms with Gasteiger partial charge in [-0.2, -0.15) is 10.1 Å². The van der Waals surface area contributed by atoms with Crippen LogP contribution in [-0.2, 0) is 7.05 Å². The molecule has 4 aliphatic rings. The summed E-state index contributed by atoms with van der Waals surface area (Å²) in [6, 6.07) is 13.1. The molecule has 2 aromatic heterocycles. The van der Waals surface area contributed by atoms with E-state index >= 15 is 0 Å². The number of guanidine groups is 1. The number of aromatic nitrogens is 3. The standard InChI is InChI=1S/C39H43F2N9O3/c1-25-18-27-19-34(43-25)32-24-42-46(2)38(32)53-17-5-3-4-10-50-35-20-26(6-7-33(35)44-39(50)45-36(27)51)37(52)49-15-13-48(14-16-49)30-8-11-47(12-9-30)31-22-28(40)21-29(41)23-31/h6-7,18-24,30H,3-5,8-17H2,1-2H3,(H,44,45,51). The fraction of sp³-hybridized carbons (Fsp3) is 0.410. The number of piperidine rings is 1. The predicted molar refractivity (Wildman–Crippen MR) is 199 cm³/mol. The summed E-state index contributed by atoms with van der Waals surface area (Å²) < 4.78 is 35.4. The number of carbonyl (C=O) groups excluding carboxylic acids is 2. The molecule has 0 unspecified atom stereocenters. The summed E-state index contributed by atoms with van der Waals surface area (Å²) in [6.07, 6.45) is 6.03. The Balaban J connectivity index is 0.950. The van der Waals surface area contributed by atoms with E-state index in [1.165, 1.54) is 12.1 Å². The van der Waals surface area contributed by atoms with E-state index in [4.69, 9.17) is 4.74 Å². The number of piperazine rings is 1. The van der Waals surface area contributed by atoms with Crippen molar-refractivity contribution in [2.45, 2.75) is 45.1 Å². The van der Waals surface area contributed by atoms with Crippen LogP contribution < -0.4 is 19.9 Å². The summed E-state index contributed by atoms with van der Waals surface area (Å²) in [6.45, 7) is 7.19. The number of aryl methyl sites for hydroxylation is 2. The number of carbonyl (C=O) groups is 2. The number of hydrogen-bond donors (Lipinski definition) is 1. The molecule has 276 valence electrons. The lowest BCUT2D eigenvalue weighted by molar-refractivity contribution is 0.0540. The Morgan fingerprint density at radius 3 is 2.45 bits per heavy atom. The Morgan fingerprint density at radius 1 is 0.906 bits per heavy atom. The maximum absolute atomic E-state index is 13.9. The van der Waals surface area contributed by atoms with Gasteiger partial charge < -0.3 is 24.8 Å². The van der Waals surface area contributed by atoms with Crippen molar-refractivity contribution in [1.82, 2.24) is 24.6 Å². The third-order valence-corrected chi connectivity index (χ3v) is 10.7. The summed E-state index contributed by atoms with van der Waals surface area (Å²) in [5.41, 5.74) is 5.19. The van der Waals surface area contributed by atoms with Crippen LogP contribution in [0.3, 0.4) is 0 Å². The van der Waals surface area contributed by atoms with E-state index in [1.54, 1.807) is 23.0 Å². The molecule has 12 nitrogen and oxygen atoms in total. The van der Waals surface area contributed by atoms with Crippen molar-refractivity contribution in [3.63, 3.8) is 0 Å². The monoisotopic (exact) mass is 723 g/mol. The maximum Gasteiger partial charge on any atom is 0.280 e. The van der Waals surface area contributed by atoms with E-state index in [-0.39, 0.29) is 5.91 Å². The summed E-state index contributed by atoms with van der Waals surface area (Å²) in [5.74, 6) is -0.507. The predicted octanol–water partition coefficient (Wildman–Crippen LogP) is 5.49. The lowest BCUT2D eigenvalue weighted by atomic mass is 10.0. The highest BCUT2D eigenvalue weighted by Crippen LogP contribution is 2.35. The second-order valence-electron chi connectivity index (χ2n) is 14.2. The summed E-state index contributed by atoms with van der Waals surface area (Å²) >= 11 is 0. The van der Waals surface area contributed by atoms with Crippen molar-refractivity contribution in [2.75, 3.05) is 67.5 Å². The summed E-state index contributed by atoms with van der Waals surface area (Å²) in [4.78, 5) is 45.2. The van der Waals surface area contributed by atoms with Crippen molar-refractivity contribution in [3.05, 3.63) is 83.2 Å². The number of nitrogens with one attached hydrogen (secondary N) is 1. The van der Waals surface area contributed by atoms with Crippen LogP contribution in [0, 0.1) is 18.6 Å². The minimum atomic E-state index is -0.560. The number of anilines is 3. The highest BCUT2D eigenvalue weighted by molar-refractivity contribution is 6.19. The van der Waals surface area contributed by atoms with Gasteiger partial charge in [0.15, 0.2) is 0 Å². The first-order valence-electron chi connectivity index (χ1n) is 18.4. The van der Waals surface area contributed by atoms with E-state index in [9.17, 15) is 18.4 Å². The van der Waals surface area contributed by atoms with Gasteiger partial charge in [0.05, 0.1) is 35.4 Å². The Morgan fingerprint density at radius 2 is 1.68 bits per heavy atom. The topological polar surface area (TPSA) is 111 Å². The van der Waals surface area contributed by atoms with Crippen molar-refractivity contribution in [1.29, 1.82) is 0 Å². The van der Waals surface area contributed by atoms with Gasteiger partial charge in [-0.15, -0.1) is 0 Å². The van der Waals surface area contributed by atoms with Gasteiger partial charge in [0, 0.05) is 87.5 Å². The van der Waals surface area contributed by atoms with Crippen LogP contribution in [0.2, 0.25) is 0 Å². The normalized spacial score (nSPS) is 19.6. The molecule has 2 amide bonds. The van der Waals surface area contributed by atoms with E-state index < -0.39 is 17.5 Å². The van der Waals surface area contributed by atoms with E-state index in [0.717, 1.165) is 81.3 Å². The third kappa shape index (κ3) is 7.19. The number of nitrogens with zero attached hydrogens (tertiary/aromatic N) is 8. The van der Waals surface area contributed by atoms with Gasteiger partial charge in [0.25, 0.3) is 11.8 Å². The highest BCUT2D eigenvalue weighted by Gasteiger charge is 2.32. The zero-order chi connectivity index (χ0) is 36.6. The van der Waals surface area contributed by atoms with E-state index in [2.05, 4.69) is 25.3 Å². The van der Waals surface area contributed by atoms with Gasteiger partial charge in [-0.05, 0) is 81.5 Å². The lowest BCUT2D eigenvalue weighted by Crippen LogP contribution is -2.54. The summed E-state index contributed by atoms with van der Waals surface area (Å²) in [7, 11) is 1.83. The highest BCUT2D eigenvalue weighted by atomic mass is 19.1. The molecule has 2 fully saturated rings. The fourth-order valence-corrected chi connectivity index (χ4v) is 7.88. The Labute approximate surface area is 307 Å². The molecule has 0 saturated carbocycles. The molecule has 4 aliphatic heterocycles. The number of ether oxygens (including phenoxy) is 1. The zero-order valence-corrected chi connectivity index (χ0v) is 30.0. The van der Waals surface area contributed by atoms with Crippen LogP contribution in [0.15, 0.2) is 59.7 Å². The first kappa shape index (κ1) is 34.7. The van der Waals surface area contributed by atoms with Crippen LogP contribution in [0.1, 0.15) is 58.5 Å². The van der Waals surface area contributed by atoms with Crippen LogP contribution >= 0.6 is 0 Å². The number of aliphatic imine (C=N–C) groups is 1. The molecule has 0 atom stereocenters. The number of pyridine rings is 1. The smallest absolute Gasteiger partial charge is 0.280 e. The molecular formula is C39H43F2N9O3. The second kappa shape index (κ2) is 14.6. The molecule has 0 radical (unpaired) electrons. The maximum atomic E-state index is 13.9. The first-order chi connectivity index (χ1) is 25.7. The van der Waals surface area contributed by atoms with Crippen LogP contribution in [0.25, 0.3) is 11.3 Å². The molecule has 14 heteroatoms. The molecule has 1 N–H and O–H groups in total. The number of rotatable bonds is 3. The lowest BCUT2D eigenvalue weighted by Gasteiger charge is -2.43. The average Bonchev–Trinajstić information content (AvgIpc) is 3.70. The van der Waals surface area contributed by atoms with Gasteiger partial charge in [0.2, 0.25) is 11.8 Å². The summed E-state index contributed by atoms with van der Waals surface area (Å²) in [5, 5.41) is 7.71. The Kier molecular flexibility index (Phi) is 9.54. The Hall–Kier alpha value is -5.37. The largest absolute Gasteiger partial charge is 0.477 e. The van der Waals surface area contributed by atoms with Gasteiger partial charge in [-0.3, -0.25) is 19.5 Å². The van der Waals surface area contributed by atoms with Gasteiger partial charge in [-0.1, -0.05) is 0 Å². The van der Waals surface area contributed by atoms with Gasteiger partial charge >= 0.3 is 0 Å². The van der Waals surface area contributed by atoms with Crippen molar-refractivity contribution in [3.8, 4) is 17.1 Å². The molecule has 2 saturated heterocycles. The number of amides is 2. The van der Waals surface area contributed by atoms with Gasteiger partial charge in [0.1, 0.15) is 11.6 Å². The molecule has 2 bridgehead atoms. The number of halogens is 2. The molecule has 4 aromatic rings. The van der Waals surface area contributed by atoms with Crippen molar-refractivity contribution in [2.24, 2.45) is 12.0 Å². The fourth-order valence-electron chi connectivity index (χ4n) is 7.88. The molecule has 53 heavy (non-hydrogen) atoms. The minimum absolute atomic E-state index is 0.0267. The molecule has 0 aliphatic carbocycles. The number of fused-ring (bicyclic) bond motifs is 7. The quantitative estimate of drug-likeness (QED) is 0.294. The van der Waals surface area contributed by atoms with Gasteiger partial charge in [-0.25, -0.2) is 13.5 Å². The molecular weight excluding hydrogens is 680 g/mol. The van der Waals surface area contributed by atoms with Crippen LogP contribution in [0.5, 0.6) is 5.88 Å². The second-order valence-corrected chi connectivity index (χ2v) is 14.2. The molecule has 2 aromatic carbocycles. The zero-order valence-electron chi connectivity index (χ0n) is 30.0. The van der Waals surface area contributed by atoms with Crippen LogP contribution in [-0.4, -0.2) is 101 Å². The first-order valence-corrected chi connectivity index (χ1v) is 18.4. The number of benzene rings is 2. The molecule has 6 heterocycles.